The van der Waals surface area contributed by atoms with E-state index < -0.39 is 0 Å². The van der Waals surface area contributed by atoms with Crippen LogP contribution in [0.3, 0.4) is 0 Å². The number of benzene rings is 2. The summed E-state index contributed by atoms with van der Waals surface area (Å²) < 4.78 is 5.07. The van der Waals surface area contributed by atoms with Gasteiger partial charge in [-0.3, -0.25) is 9.59 Å². The number of nitrogens with one attached hydrogen (secondary N) is 2. The number of methoxy groups -OCH3 is 1. The Morgan fingerprint density at radius 3 is 1.83 bits per heavy atom. The molecule has 0 bridgehead atoms. The van der Waals surface area contributed by atoms with Crippen LogP contribution in [0.2, 0.25) is 0 Å². The molecule has 0 aromatic heterocycles. The van der Waals surface area contributed by atoms with E-state index in [0.29, 0.717) is 22.6 Å². The molecule has 0 aliphatic carbocycles. The summed E-state index contributed by atoms with van der Waals surface area (Å²) in [6, 6.07) is 13.6. The number of anilines is 1. The second-order valence-corrected chi connectivity index (χ2v) is 6.46. The van der Waals surface area contributed by atoms with Gasteiger partial charge in [0.25, 0.3) is 11.8 Å². The van der Waals surface area contributed by atoms with Crippen LogP contribution in [0.25, 0.3) is 0 Å². The molecule has 2 aromatic carbocycles. The Kier molecular flexibility index (Phi) is 5.24. The van der Waals surface area contributed by atoms with Gasteiger partial charge in [-0.25, -0.2) is 0 Å². The van der Waals surface area contributed by atoms with Crippen LogP contribution in [0.5, 0.6) is 5.75 Å². The molecule has 5 heteroatoms. The van der Waals surface area contributed by atoms with Gasteiger partial charge in [-0.05, 0) is 69.3 Å². The van der Waals surface area contributed by atoms with Crippen molar-refractivity contribution in [3.05, 3.63) is 59.7 Å². The van der Waals surface area contributed by atoms with Crippen LogP contribution in [-0.4, -0.2) is 24.5 Å². The molecular weight excluding hydrogens is 304 g/mol. The summed E-state index contributed by atoms with van der Waals surface area (Å²) in [6.07, 6.45) is 0. The molecule has 5 nitrogen and oxygen atoms in total. The van der Waals surface area contributed by atoms with Crippen LogP contribution in [0, 0.1) is 0 Å². The van der Waals surface area contributed by atoms with Gasteiger partial charge >= 0.3 is 0 Å². The number of rotatable bonds is 4. The van der Waals surface area contributed by atoms with Crippen molar-refractivity contribution in [2.75, 3.05) is 12.4 Å². The Bertz CT molecular complexity index is 714. The molecule has 0 unspecified atom stereocenters. The van der Waals surface area contributed by atoms with Crippen LogP contribution in [-0.2, 0) is 0 Å². The Hall–Kier alpha value is -2.82. The van der Waals surface area contributed by atoms with Crippen molar-refractivity contribution in [1.82, 2.24) is 5.32 Å². The predicted octanol–water partition coefficient (Wildman–Crippen LogP) is 3.48. The van der Waals surface area contributed by atoms with Crippen LogP contribution in [0.15, 0.2) is 48.5 Å². The maximum Gasteiger partial charge on any atom is 0.255 e. The molecule has 0 heterocycles. The largest absolute Gasteiger partial charge is 0.497 e. The highest BCUT2D eigenvalue weighted by Gasteiger charge is 2.15. The quantitative estimate of drug-likeness (QED) is 0.904. The molecule has 0 aliphatic rings. The molecule has 0 saturated heterocycles. The van der Waals surface area contributed by atoms with Crippen molar-refractivity contribution in [3.8, 4) is 5.75 Å². The smallest absolute Gasteiger partial charge is 0.255 e. The van der Waals surface area contributed by atoms with Crippen molar-refractivity contribution in [3.63, 3.8) is 0 Å². The molecule has 2 aromatic rings. The monoisotopic (exact) mass is 326 g/mol. The topological polar surface area (TPSA) is 67.4 Å². The Balaban J connectivity index is 2.02. The van der Waals surface area contributed by atoms with Gasteiger partial charge in [0.15, 0.2) is 0 Å². The van der Waals surface area contributed by atoms with Crippen molar-refractivity contribution >= 4 is 17.5 Å². The number of hydrogen-bond acceptors (Lipinski definition) is 3. The number of carbonyl (C=O) groups excluding carboxylic acids is 2. The molecule has 2 amide bonds. The van der Waals surface area contributed by atoms with E-state index in [1.165, 1.54) is 0 Å². The fourth-order valence-electron chi connectivity index (χ4n) is 2.06. The maximum atomic E-state index is 12.2. The second-order valence-electron chi connectivity index (χ2n) is 6.46. The third kappa shape index (κ3) is 4.84. The molecule has 0 fully saturated rings. The highest BCUT2D eigenvalue weighted by atomic mass is 16.5. The van der Waals surface area contributed by atoms with Gasteiger partial charge in [0.05, 0.1) is 7.11 Å². The first-order chi connectivity index (χ1) is 11.3. The standard InChI is InChI=1S/C19H22N2O3/c1-19(2,3)21-18(23)14-5-9-15(10-6-14)20-17(22)13-7-11-16(24-4)12-8-13/h5-12H,1-4H3,(H,20,22)(H,21,23). The summed E-state index contributed by atoms with van der Waals surface area (Å²) in [6.45, 7) is 5.77. The summed E-state index contributed by atoms with van der Waals surface area (Å²) in [5.74, 6) is 0.334. The van der Waals surface area contributed by atoms with E-state index in [2.05, 4.69) is 10.6 Å². The van der Waals surface area contributed by atoms with Gasteiger partial charge in [0, 0.05) is 22.4 Å². The summed E-state index contributed by atoms with van der Waals surface area (Å²) in [5.41, 5.74) is 1.42. The van der Waals surface area contributed by atoms with Gasteiger partial charge in [0.1, 0.15) is 5.75 Å². The number of carbonyl (C=O) groups is 2. The average Bonchev–Trinajstić information content (AvgIpc) is 2.54. The minimum Gasteiger partial charge on any atom is -0.497 e. The van der Waals surface area contributed by atoms with Gasteiger partial charge in [0.2, 0.25) is 0 Å². The highest BCUT2D eigenvalue weighted by Crippen LogP contribution is 2.15. The zero-order chi connectivity index (χ0) is 17.7. The molecule has 24 heavy (non-hydrogen) atoms. The van der Waals surface area contributed by atoms with E-state index >= 15 is 0 Å². The number of ether oxygens (including phenoxy) is 1. The summed E-state index contributed by atoms with van der Waals surface area (Å²) >= 11 is 0. The van der Waals surface area contributed by atoms with Crippen molar-refractivity contribution < 1.29 is 14.3 Å². The van der Waals surface area contributed by atoms with Gasteiger partial charge in [-0.15, -0.1) is 0 Å². The van der Waals surface area contributed by atoms with E-state index in [4.69, 9.17) is 4.74 Å². The zero-order valence-corrected chi connectivity index (χ0v) is 14.3. The highest BCUT2D eigenvalue weighted by molar-refractivity contribution is 6.04. The molecule has 0 saturated carbocycles. The lowest BCUT2D eigenvalue weighted by Gasteiger charge is -2.20. The summed E-state index contributed by atoms with van der Waals surface area (Å²) in [5, 5.41) is 5.69. The van der Waals surface area contributed by atoms with Crippen LogP contribution in [0.4, 0.5) is 5.69 Å². The Labute approximate surface area is 142 Å². The normalized spacial score (nSPS) is 10.8. The third-order valence-corrected chi connectivity index (χ3v) is 3.25. The maximum absolute atomic E-state index is 12.2. The fourth-order valence-corrected chi connectivity index (χ4v) is 2.06. The predicted molar refractivity (Wildman–Crippen MR) is 94.6 cm³/mol. The number of amides is 2. The first-order valence-electron chi connectivity index (χ1n) is 7.66. The van der Waals surface area contributed by atoms with E-state index in [9.17, 15) is 9.59 Å². The van der Waals surface area contributed by atoms with E-state index in [0.717, 1.165) is 0 Å². The zero-order valence-electron chi connectivity index (χ0n) is 14.3. The van der Waals surface area contributed by atoms with E-state index in [1.807, 2.05) is 20.8 Å². The van der Waals surface area contributed by atoms with E-state index in [1.54, 1.807) is 55.6 Å². The Morgan fingerprint density at radius 1 is 0.833 bits per heavy atom. The SMILES string of the molecule is COc1ccc(C(=O)Nc2ccc(C(=O)NC(C)(C)C)cc2)cc1. The first kappa shape index (κ1) is 17.5. The minimum atomic E-state index is -0.293. The van der Waals surface area contributed by atoms with Crippen molar-refractivity contribution in [2.24, 2.45) is 0 Å². The molecule has 2 rings (SSSR count). The summed E-state index contributed by atoms with van der Waals surface area (Å²) in [4.78, 5) is 24.3. The molecule has 0 atom stereocenters. The molecule has 0 spiro atoms. The Morgan fingerprint density at radius 2 is 1.33 bits per heavy atom. The molecule has 2 N–H and O–H groups in total. The van der Waals surface area contributed by atoms with Crippen LogP contribution in [0.1, 0.15) is 41.5 Å². The third-order valence-electron chi connectivity index (χ3n) is 3.25. The van der Waals surface area contributed by atoms with Crippen molar-refractivity contribution in [2.45, 2.75) is 26.3 Å². The van der Waals surface area contributed by atoms with Crippen LogP contribution >= 0.6 is 0 Å². The molecular formula is C19H22N2O3. The lowest BCUT2D eigenvalue weighted by molar-refractivity contribution is 0.0919. The molecule has 0 radical (unpaired) electrons. The van der Waals surface area contributed by atoms with Gasteiger partial charge in [-0.2, -0.15) is 0 Å². The summed E-state index contributed by atoms with van der Waals surface area (Å²) in [7, 11) is 1.58. The van der Waals surface area contributed by atoms with Gasteiger partial charge < -0.3 is 15.4 Å². The fraction of sp³-hybridized carbons (Fsp3) is 0.263. The lowest BCUT2D eigenvalue weighted by atomic mass is 10.1. The molecule has 0 aliphatic heterocycles. The second kappa shape index (κ2) is 7.17. The van der Waals surface area contributed by atoms with Gasteiger partial charge in [-0.1, -0.05) is 0 Å². The van der Waals surface area contributed by atoms with Crippen LogP contribution < -0.4 is 15.4 Å². The minimum absolute atomic E-state index is 0.143. The molecule has 126 valence electrons. The van der Waals surface area contributed by atoms with Crippen molar-refractivity contribution in [1.29, 1.82) is 0 Å². The number of hydrogen-bond donors (Lipinski definition) is 2. The average molecular weight is 326 g/mol. The lowest BCUT2D eigenvalue weighted by Crippen LogP contribution is -2.40. The van der Waals surface area contributed by atoms with E-state index in [-0.39, 0.29) is 17.4 Å². The first-order valence-corrected chi connectivity index (χ1v) is 7.66.